The molecule has 144 valence electrons. The number of hydrogen-bond donors (Lipinski definition) is 1. The Labute approximate surface area is 161 Å². The Hall–Kier alpha value is -0.520. The highest BCUT2D eigenvalue weighted by atomic mass is 35.5. The van der Waals surface area contributed by atoms with Crippen LogP contribution >= 0.6 is 23.2 Å². The van der Waals surface area contributed by atoms with Crippen molar-refractivity contribution in [2.24, 2.45) is 11.8 Å². The van der Waals surface area contributed by atoms with Crippen LogP contribution in [0.2, 0.25) is 0 Å². The SMILES string of the molecule is CC(C)CCNC(=O)C1CCN(C2CCN(C(=O)C(Cl)Cl)CC2)CC1. The fraction of sp³-hybridized carbons (Fsp3) is 0.889. The Balaban J connectivity index is 1.69. The van der Waals surface area contributed by atoms with Crippen LogP contribution < -0.4 is 5.32 Å². The fourth-order valence-electron chi connectivity index (χ4n) is 3.74. The largest absolute Gasteiger partial charge is 0.356 e. The lowest BCUT2D eigenvalue weighted by Gasteiger charge is -2.41. The summed E-state index contributed by atoms with van der Waals surface area (Å²) in [6.07, 6.45) is 4.80. The van der Waals surface area contributed by atoms with E-state index in [1.807, 2.05) is 0 Å². The minimum atomic E-state index is -0.957. The lowest BCUT2D eigenvalue weighted by molar-refractivity contribution is -0.131. The van der Waals surface area contributed by atoms with E-state index in [1.54, 1.807) is 4.90 Å². The van der Waals surface area contributed by atoms with Crippen molar-refractivity contribution in [2.45, 2.75) is 56.8 Å². The van der Waals surface area contributed by atoms with E-state index in [2.05, 4.69) is 24.1 Å². The predicted octanol–water partition coefficient (Wildman–Crippen LogP) is 2.66. The van der Waals surface area contributed by atoms with Gasteiger partial charge in [-0.05, 0) is 51.1 Å². The molecular weight excluding hydrogens is 361 g/mol. The lowest BCUT2D eigenvalue weighted by atomic mass is 9.92. The third-order valence-electron chi connectivity index (χ3n) is 5.40. The summed E-state index contributed by atoms with van der Waals surface area (Å²) in [7, 11) is 0. The molecule has 0 saturated carbocycles. The molecule has 0 unspecified atom stereocenters. The van der Waals surface area contributed by atoms with E-state index >= 15 is 0 Å². The molecule has 0 bridgehead atoms. The number of likely N-dealkylation sites (tertiary alicyclic amines) is 2. The molecule has 2 amide bonds. The molecule has 2 fully saturated rings. The van der Waals surface area contributed by atoms with E-state index in [-0.39, 0.29) is 17.7 Å². The van der Waals surface area contributed by atoms with E-state index < -0.39 is 4.84 Å². The fourth-order valence-corrected chi connectivity index (χ4v) is 4.02. The summed E-state index contributed by atoms with van der Waals surface area (Å²) in [5.41, 5.74) is 0. The van der Waals surface area contributed by atoms with Crippen molar-refractivity contribution in [3.63, 3.8) is 0 Å². The van der Waals surface area contributed by atoms with Crippen molar-refractivity contribution in [1.29, 1.82) is 0 Å². The van der Waals surface area contributed by atoms with Crippen LogP contribution in [0.25, 0.3) is 0 Å². The van der Waals surface area contributed by atoms with Gasteiger partial charge in [0.15, 0.2) is 4.84 Å². The average molecular weight is 392 g/mol. The quantitative estimate of drug-likeness (QED) is 0.708. The molecule has 2 saturated heterocycles. The second kappa shape index (κ2) is 9.98. The molecule has 25 heavy (non-hydrogen) atoms. The first kappa shape index (κ1) is 20.8. The van der Waals surface area contributed by atoms with Gasteiger partial charge < -0.3 is 15.1 Å². The zero-order chi connectivity index (χ0) is 18.4. The second-order valence-corrected chi connectivity index (χ2v) is 8.74. The summed E-state index contributed by atoms with van der Waals surface area (Å²) in [4.78, 5) is 27.4. The number of alkyl halides is 2. The van der Waals surface area contributed by atoms with Crippen molar-refractivity contribution in [2.75, 3.05) is 32.7 Å². The van der Waals surface area contributed by atoms with Gasteiger partial charge in [0.1, 0.15) is 0 Å². The Morgan fingerprint density at radius 1 is 1.04 bits per heavy atom. The van der Waals surface area contributed by atoms with Crippen molar-refractivity contribution >= 4 is 35.0 Å². The van der Waals surface area contributed by atoms with Crippen molar-refractivity contribution in [3.8, 4) is 0 Å². The predicted molar refractivity (Wildman–Crippen MR) is 102 cm³/mol. The molecule has 0 aromatic rings. The first-order valence-electron chi connectivity index (χ1n) is 9.47. The third-order valence-corrected chi connectivity index (χ3v) is 5.77. The normalized spacial score (nSPS) is 21.1. The van der Waals surface area contributed by atoms with Gasteiger partial charge in [0, 0.05) is 31.6 Å². The van der Waals surface area contributed by atoms with Crippen LogP contribution in [0, 0.1) is 11.8 Å². The van der Waals surface area contributed by atoms with Crippen LogP contribution in [0.4, 0.5) is 0 Å². The lowest BCUT2D eigenvalue weighted by Crippen LogP contribution is -2.50. The van der Waals surface area contributed by atoms with Crippen LogP contribution in [0.15, 0.2) is 0 Å². The minimum Gasteiger partial charge on any atom is -0.356 e. The van der Waals surface area contributed by atoms with Gasteiger partial charge >= 0.3 is 0 Å². The monoisotopic (exact) mass is 391 g/mol. The van der Waals surface area contributed by atoms with Gasteiger partial charge in [0.25, 0.3) is 5.91 Å². The third kappa shape index (κ3) is 6.30. The van der Waals surface area contributed by atoms with Gasteiger partial charge in [-0.25, -0.2) is 0 Å². The number of rotatable bonds is 6. The highest BCUT2D eigenvalue weighted by molar-refractivity contribution is 6.53. The number of carbonyl (C=O) groups excluding carboxylic acids is 2. The van der Waals surface area contributed by atoms with Crippen LogP contribution in [0.1, 0.15) is 46.0 Å². The summed E-state index contributed by atoms with van der Waals surface area (Å²) < 4.78 is 0. The Kier molecular flexibility index (Phi) is 8.30. The van der Waals surface area contributed by atoms with Crippen molar-refractivity contribution < 1.29 is 9.59 Å². The van der Waals surface area contributed by atoms with E-state index in [1.165, 1.54) is 0 Å². The van der Waals surface area contributed by atoms with Crippen LogP contribution in [0.3, 0.4) is 0 Å². The molecule has 1 N–H and O–H groups in total. The number of halogens is 2. The maximum absolute atomic E-state index is 12.2. The van der Waals surface area contributed by atoms with Gasteiger partial charge in [0.2, 0.25) is 5.91 Å². The Bertz CT molecular complexity index is 444. The van der Waals surface area contributed by atoms with Gasteiger partial charge in [-0.3, -0.25) is 9.59 Å². The van der Waals surface area contributed by atoms with Crippen molar-refractivity contribution in [3.05, 3.63) is 0 Å². The molecule has 2 aliphatic heterocycles. The van der Waals surface area contributed by atoms with Gasteiger partial charge in [-0.15, -0.1) is 0 Å². The van der Waals surface area contributed by atoms with Crippen molar-refractivity contribution in [1.82, 2.24) is 15.1 Å². The number of amides is 2. The zero-order valence-corrected chi connectivity index (χ0v) is 16.9. The zero-order valence-electron chi connectivity index (χ0n) is 15.3. The smallest absolute Gasteiger partial charge is 0.255 e. The number of nitrogens with one attached hydrogen (secondary N) is 1. The number of hydrogen-bond acceptors (Lipinski definition) is 3. The molecule has 0 aromatic carbocycles. The van der Waals surface area contributed by atoms with E-state index in [0.717, 1.165) is 64.8 Å². The van der Waals surface area contributed by atoms with Gasteiger partial charge in [-0.2, -0.15) is 0 Å². The molecule has 2 heterocycles. The molecule has 2 aliphatic rings. The molecule has 7 heteroatoms. The number of piperidine rings is 2. The van der Waals surface area contributed by atoms with Crippen LogP contribution in [-0.2, 0) is 9.59 Å². The number of carbonyl (C=O) groups is 2. The Morgan fingerprint density at radius 2 is 1.64 bits per heavy atom. The summed E-state index contributed by atoms with van der Waals surface area (Å²) in [5, 5.41) is 3.08. The molecule has 0 aliphatic carbocycles. The topological polar surface area (TPSA) is 52.7 Å². The standard InChI is InChI=1S/C18H31Cl2N3O2/c1-13(2)3-8-21-17(24)14-4-9-22(10-5-14)15-6-11-23(12-7-15)18(25)16(19)20/h13-16H,3-12H2,1-2H3,(H,21,24). The molecule has 2 rings (SSSR count). The van der Waals surface area contributed by atoms with Crippen LogP contribution in [-0.4, -0.2) is 65.2 Å². The highest BCUT2D eigenvalue weighted by Gasteiger charge is 2.32. The van der Waals surface area contributed by atoms with Gasteiger partial charge in [0.05, 0.1) is 0 Å². The molecular formula is C18H31Cl2N3O2. The molecule has 5 nitrogen and oxygen atoms in total. The second-order valence-electron chi connectivity index (χ2n) is 7.64. The summed E-state index contributed by atoms with van der Waals surface area (Å²) in [6.45, 7) is 8.49. The first-order chi connectivity index (χ1) is 11.9. The minimum absolute atomic E-state index is 0.151. The van der Waals surface area contributed by atoms with Gasteiger partial charge in [-0.1, -0.05) is 37.0 Å². The molecule has 0 aromatic heterocycles. The maximum atomic E-state index is 12.2. The van der Waals surface area contributed by atoms with E-state index in [4.69, 9.17) is 23.2 Å². The highest BCUT2D eigenvalue weighted by Crippen LogP contribution is 2.25. The van der Waals surface area contributed by atoms with E-state index in [9.17, 15) is 9.59 Å². The van der Waals surface area contributed by atoms with E-state index in [0.29, 0.717) is 12.0 Å². The summed E-state index contributed by atoms with van der Waals surface area (Å²) in [6, 6.07) is 0.498. The summed E-state index contributed by atoms with van der Waals surface area (Å²) >= 11 is 11.3. The molecule has 0 spiro atoms. The summed E-state index contributed by atoms with van der Waals surface area (Å²) in [5.74, 6) is 0.806. The molecule has 0 radical (unpaired) electrons. The number of nitrogens with zero attached hydrogens (tertiary/aromatic N) is 2. The van der Waals surface area contributed by atoms with Crippen LogP contribution in [0.5, 0.6) is 0 Å². The average Bonchev–Trinajstić information content (AvgIpc) is 2.61. The Morgan fingerprint density at radius 3 is 2.16 bits per heavy atom. The first-order valence-corrected chi connectivity index (χ1v) is 10.3. The molecule has 0 atom stereocenters. The maximum Gasteiger partial charge on any atom is 0.255 e.